The summed E-state index contributed by atoms with van der Waals surface area (Å²) in [6.45, 7) is 3.96. The van der Waals surface area contributed by atoms with E-state index in [4.69, 9.17) is 9.15 Å². The molecule has 0 saturated carbocycles. The van der Waals surface area contributed by atoms with E-state index in [0.29, 0.717) is 45.7 Å². The van der Waals surface area contributed by atoms with Gasteiger partial charge in [-0.25, -0.2) is 4.98 Å². The summed E-state index contributed by atoms with van der Waals surface area (Å²) in [5, 5.41) is 6.00. The van der Waals surface area contributed by atoms with Crippen LogP contribution in [0.2, 0.25) is 0 Å². The number of para-hydroxylation sites is 1. The lowest BCUT2D eigenvalue weighted by Gasteiger charge is -2.02. The van der Waals surface area contributed by atoms with Gasteiger partial charge in [0.05, 0.1) is 6.61 Å². The molecule has 1 amide bonds. The molecule has 6 nitrogen and oxygen atoms in total. The van der Waals surface area contributed by atoms with Crippen molar-refractivity contribution in [2.45, 2.75) is 13.8 Å². The smallest absolute Gasteiger partial charge is 0.257 e. The topological polar surface area (TPSA) is 81.4 Å². The number of Topliss-reactive ketones (excluding diaryl/α,β-unsaturated/α-hetero) is 1. The molecule has 29 heavy (non-hydrogen) atoms. The van der Waals surface area contributed by atoms with Crippen LogP contribution in [0, 0.1) is 0 Å². The largest absolute Gasteiger partial charge is 0.490 e. The third-order valence-electron chi connectivity index (χ3n) is 4.34. The van der Waals surface area contributed by atoms with Gasteiger partial charge in [0.15, 0.2) is 28.0 Å². The molecular weight excluding hydrogens is 388 g/mol. The highest BCUT2D eigenvalue weighted by molar-refractivity contribution is 7.14. The van der Waals surface area contributed by atoms with E-state index in [9.17, 15) is 9.59 Å². The van der Waals surface area contributed by atoms with Crippen molar-refractivity contribution in [3.8, 4) is 17.2 Å². The lowest BCUT2D eigenvalue weighted by Crippen LogP contribution is -2.11. The summed E-state index contributed by atoms with van der Waals surface area (Å²) < 4.78 is 11.6. The standard InChI is InChI=1S/C22H18N2O4S/c1-3-27-18-6-4-5-16-11-19(28-20(16)18)17-12-29-22(23-17)24-21(26)15-9-7-14(8-10-15)13(2)25/h4-12H,3H2,1-2H3,(H,23,24,26). The number of carbonyl (C=O) groups excluding carboxylic acids is 2. The minimum absolute atomic E-state index is 0.0418. The average molecular weight is 406 g/mol. The third kappa shape index (κ3) is 3.90. The molecule has 0 fully saturated rings. The first-order valence-corrected chi connectivity index (χ1v) is 9.96. The lowest BCUT2D eigenvalue weighted by atomic mass is 10.1. The van der Waals surface area contributed by atoms with Gasteiger partial charge < -0.3 is 9.15 Å². The molecule has 0 aliphatic rings. The Balaban J connectivity index is 1.54. The Morgan fingerprint density at radius 3 is 2.62 bits per heavy atom. The number of amides is 1. The first-order chi connectivity index (χ1) is 14.0. The molecule has 7 heteroatoms. The number of fused-ring (bicyclic) bond motifs is 1. The maximum atomic E-state index is 12.4. The van der Waals surface area contributed by atoms with Crippen LogP contribution in [0.3, 0.4) is 0 Å². The monoisotopic (exact) mass is 406 g/mol. The van der Waals surface area contributed by atoms with Gasteiger partial charge in [0.2, 0.25) is 0 Å². The van der Waals surface area contributed by atoms with Crippen LogP contribution in [0.15, 0.2) is 58.3 Å². The lowest BCUT2D eigenvalue weighted by molar-refractivity contribution is 0.100. The van der Waals surface area contributed by atoms with Gasteiger partial charge in [-0.15, -0.1) is 11.3 Å². The third-order valence-corrected chi connectivity index (χ3v) is 5.10. The van der Waals surface area contributed by atoms with Crippen LogP contribution >= 0.6 is 11.3 Å². The van der Waals surface area contributed by atoms with E-state index in [0.717, 1.165) is 5.39 Å². The maximum absolute atomic E-state index is 12.4. The van der Waals surface area contributed by atoms with Gasteiger partial charge in [-0.1, -0.05) is 24.3 Å². The van der Waals surface area contributed by atoms with Crippen molar-refractivity contribution in [2.75, 3.05) is 11.9 Å². The Kier molecular flexibility index (Phi) is 5.14. The van der Waals surface area contributed by atoms with E-state index in [1.165, 1.54) is 18.3 Å². The van der Waals surface area contributed by atoms with E-state index >= 15 is 0 Å². The van der Waals surface area contributed by atoms with Crippen LogP contribution in [0.25, 0.3) is 22.4 Å². The Bertz CT molecular complexity index is 1190. The van der Waals surface area contributed by atoms with Gasteiger partial charge in [0, 0.05) is 21.9 Å². The molecule has 2 aromatic carbocycles. The fraction of sp³-hybridized carbons (Fsp3) is 0.136. The Morgan fingerprint density at radius 1 is 1.14 bits per heavy atom. The Hall–Kier alpha value is -3.45. The van der Waals surface area contributed by atoms with Crippen molar-refractivity contribution in [1.29, 1.82) is 0 Å². The molecular formula is C22H18N2O4S. The Labute approximate surface area is 171 Å². The number of benzene rings is 2. The van der Waals surface area contributed by atoms with Crippen molar-refractivity contribution in [3.05, 3.63) is 65.0 Å². The van der Waals surface area contributed by atoms with Gasteiger partial charge in [-0.2, -0.15) is 0 Å². The predicted octanol–water partition coefficient (Wildman–Crippen LogP) is 5.41. The molecule has 146 valence electrons. The van der Waals surface area contributed by atoms with Gasteiger partial charge in [-0.05, 0) is 38.1 Å². The van der Waals surface area contributed by atoms with Gasteiger partial charge >= 0.3 is 0 Å². The number of hydrogen-bond donors (Lipinski definition) is 1. The van der Waals surface area contributed by atoms with E-state index in [-0.39, 0.29) is 11.7 Å². The number of nitrogens with zero attached hydrogens (tertiary/aromatic N) is 1. The number of rotatable bonds is 6. The van der Waals surface area contributed by atoms with Gasteiger partial charge in [0.1, 0.15) is 5.69 Å². The summed E-state index contributed by atoms with van der Waals surface area (Å²) >= 11 is 1.31. The summed E-state index contributed by atoms with van der Waals surface area (Å²) in [5.41, 5.74) is 2.33. The number of ketones is 1. The van der Waals surface area contributed by atoms with Gasteiger partial charge in [-0.3, -0.25) is 14.9 Å². The van der Waals surface area contributed by atoms with Crippen LogP contribution in [0.1, 0.15) is 34.6 Å². The molecule has 0 saturated heterocycles. The summed E-state index contributed by atoms with van der Waals surface area (Å²) in [5.74, 6) is 0.966. The molecule has 0 radical (unpaired) electrons. The van der Waals surface area contributed by atoms with E-state index in [1.54, 1.807) is 24.3 Å². The molecule has 4 aromatic rings. The fourth-order valence-corrected chi connectivity index (χ4v) is 3.60. The molecule has 0 aliphatic carbocycles. The first-order valence-electron chi connectivity index (χ1n) is 9.08. The zero-order valence-electron chi connectivity index (χ0n) is 15.9. The number of aromatic nitrogens is 1. The van der Waals surface area contributed by atoms with E-state index in [1.807, 2.05) is 36.6 Å². The molecule has 0 unspecified atom stereocenters. The number of anilines is 1. The fourth-order valence-electron chi connectivity index (χ4n) is 2.90. The predicted molar refractivity (Wildman–Crippen MR) is 113 cm³/mol. The zero-order valence-corrected chi connectivity index (χ0v) is 16.7. The van der Waals surface area contributed by atoms with Crippen molar-refractivity contribution >= 4 is 39.1 Å². The van der Waals surface area contributed by atoms with Crippen LogP contribution in [0.4, 0.5) is 5.13 Å². The molecule has 0 spiro atoms. The summed E-state index contributed by atoms with van der Waals surface area (Å²) in [4.78, 5) is 28.2. The number of furan rings is 1. The molecule has 4 rings (SSSR count). The summed E-state index contributed by atoms with van der Waals surface area (Å²) in [6.07, 6.45) is 0. The number of nitrogens with one attached hydrogen (secondary N) is 1. The number of thiazole rings is 1. The van der Waals surface area contributed by atoms with Crippen molar-refractivity contribution in [3.63, 3.8) is 0 Å². The average Bonchev–Trinajstić information content (AvgIpc) is 3.35. The van der Waals surface area contributed by atoms with Gasteiger partial charge in [0.25, 0.3) is 5.91 Å². The normalized spacial score (nSPS) is 10.8. The van der Waals surface area contributed by atoms with Crippen molar-refractivity contribution in [1.82, 2.24) is 4.98 Å². The van der Waals surface area contributed by atoms with Crippen LogP contribution in [-0.4, -0.2) is 23.3 Å². The number of carbonyl (C=O) groups is 2. The summed E-state index contributed by atoms with van der Waals surface area (Å²) in [7, 11) is 0. The minimum Gasteiger partial charge on any atom is -0.490 e. The molecule has 0 atom stereocenters. The maximum Gasteiger partial charge on any atom is 0.257 e. The highest BCUT2D eigenvalue weighted by Crippen LogP contribution is 2.34. The second kappa shape index (κ2) is 7.89. The second-order valence-electron chi connectivity index (χ2n) is 6.34. The molecule has 0 bridgehead atoms. The first kappa shape index (κ1) is 18.9. The highest BCUT2D eigenvalue weighted by atomic mass is 32.1. The van der Waals surface area contributed by atoms with Crippen LogP contribution in [0.5, 0.6) is 5.75 Å². The molecule has 0 aliphatic heterocycles. The molecule has 1 N–H and O–H groups in total. The second-order valence-corrected chi connectivity index (χ2v) is 7.20. The molecule has 2 aromatic heterocycles. The Morgan fingerprint density at radius 2 is 1.90 bits per heavy atom. The van der Waals surface area contributed by atoms with E-state index in [2.05, 4.69) is 10.3 Å². The van der Waals surface area contributed by atoms with Crippen LogP contribution < -0.4 is 10.1 Å². The minimum atomic E-state index is -0.288. The van der Waals surface area contributed by atoms with Crippen molar-refractivity contribution < 1.29 is 18.7 Å². The van der Waals surface area contributed by atoms with Crippen LogP contribution in [-0.2, 0) is 0 Å². The SMILES string of the molecule is CCOc1cccc2cc(-c3csc(NC(=O)c4ccc(C(C)=O)cc4)n3)oc12. The highest BCUT2D eigenvalue weighted by Gasteiger charge is 2.15. The zero-order chi connectivity index (χ0) is 20.4. The number of hydrogen-bond acceptors (Lipinski definition) is 6. The van der Waals surface area contributed by atoms with Crippen molar-refractivity contribution in [2.24, 2.45) is 0 Å². The van der Waals surface area contributed by atoms with E-state index < -0.39 is 0 Å². The quantitative estimate of drug-likeness (QED) is 0.433. The molecule has 2 heterocycles. The number of ether oxygens (including phenoxy) is 1. The summed E-state index contributed by atoms with van der Waals surface area (Å²) in [6, 6.07) is 14.1.